The molecular weight excluding hydrogens is 122 g/mol. The van der Waals surface area contributed by atoms with Gasteiger partial charge < -0.3 is 4.90 Å². The van der Waals surface area contributed by atoms with Crippen LogP contribution in [0.4, 0.5) is 0 Å². The minimum Gasteiger partial charge on any atom is -0.301 e. The van der Waals surface area contributed by atoms with Crippen molar-refractivity contribution in [3.05, 3.63) is 0 Å². The molecule has 1 fully saturated rings. The first-order chi connectivity index (χ1) is 4.84. The first kappa shape index (κ1) is 8.06. The van der Waals surface area contributed by atoms with Gasteiger partial charge in [0, 0.05) is 6.04 Å². The van der Waals surface area contributed by atoms with Crippen molar-refractivity contribution in [3.63, 3.8) is 0 Å². The van der Waals surface area contributed by atoms with Crippen LogP contribution in [-0.4, -0.2) is 24.0 Å². The number of hydrogen-bond acceptors (Lipinski definition) is 1. The van der Waals surface area contributed by atoms with Gasteiger partial charge in [-0.1, -0.05) is 13.3 Å². The Balaban J connectivity index is 2.14. The van der Waals surface area contributed by atoms with Crippen LogP contribution in [0.25, 0.3) is 0 Å². The third-order valence-electron chi connectivity index (χ3n) is 2.49. The van der Waals surface area contributed by atoms with Crippen LogP contribution in [-0.2, 0) is 0 Å². The maximum absolute atomic E-state index is 2.61. The van der Waals surface area contributed by atoms with Gasteiger partial charge in [-0.3, -0.25) is 0 Å². The summed E-state index contributed by atoms with van der Waals surface area (Å²) in [5.41, 5.74) is 0. The lowest BCUT2D eigenvalue weighted by Crippen LogP contribution is -2.27. The maximum Gasteiger partial charge on any atom is 0.00674 e. The minimum absolute atomic E-state index is 0.867. The minimum atomic E-state index is 0.867. The molecule has 0 spiro atoms. The van der Waals surface area contributed by atoms with Gasteiger partial charge in [0.2, 0.25) is 0 Å². The Morgan fingerprint density at radius 2 is 2.30 bits per heavy atom. The van der Waals surface area contributed by atoms with Crippen molar-refractivity contribution in [2.75, 3.05) is 13.1 Å². The molecule has 1 atom stereocenters. The molecule has 0 N–H and O–H groups in total. The van der Waals surface area contributed by atoms with Crippen LogP contribution >= 0.6 is 0 Å². The summed E-state index contributed by atoms with van der Waals surface area (Å²) >= 11 is 0. The second-order valence-corrected chi connectivity index (χ2v) is 3.38. The zero-order valence-electron chi connectivity index (χ0n) is 7.27. The molecule has 0 aromatic rings. The smallest absolute Gasteiger partial charge is 0.00674 e. The van der Waals surface area contributed by atoms with Gasteiger partial charge in [0.05, 0.1) is 0 Å². The monoisotopic (exact) mass is 141 g/mol. The molecule has 0 aliphatic carbocycles. The Labute approximate surface area is 64.4 Å². The Kier molecular flexibility index (Phi) is 3.20. The fourth-order valence-corrected chi connectivity index (χ4v) is 1.69. The first-order valence-corrected chi connectivity index (χ1v) is 4.58. The molecule has 1 heteroatoms. The predicted octanol–water partition coefficient (Wildman–Crippen LogP) is 2.27. The van der Waals surface area contributed by atoms with Gasteiger partial charge in [0.25, 0.3) is 0 Å². The normalized spacial score (nSPS) is 27.6. The summed E-state index contributed by atoms with van der Waals surface area (Å²) in [6, 6.07) is 0.867. The molecule has 1 saturated heterocycles. The highest BCUT2D eigenvalue weighted by atomic mass is 15.2. The van der Waals surface area contributed by atoms with Crippen molar-refractivity contribution in [1.82, 2.24) is 4.90 Å². The molecule has 1 aliphatic heterocycles. The van der Waals surface area contributed by atoms with Crippen LogP contribution in [0.15, 0.2) is 0 Å². The molecule has 0 saturated carbocycles. The van der Waals surface area contributed by atoms with Gasteiger partial charge in [0.1, 0.15) is 0 Å². The van der Waals surface area contributed by atoms with Crippen molar-refractivity contribution in [2.24, 2.45) is 0 Å². The lowest BCUT2D eigenvalue weighted by atomic mass is 10.2. The Morgan fingerprint density at radius 1 is 1.50 bits per heavy atom. The standard InChI is InChI=1S/C9H19N/c1-3-4-7-10-8-5-6-9(10)2/h9H,3-8H2,1-2H3/t9-/m0/s1. The SMILES string of the molecule is CCCCN1CCC[C@@H]1C. The molecule has 60 valence electrons. The largest absolute Gasteiger partial charge is 0.301 e. The van der Waals surface area contributed by atoms with E-state index in [-0.39, 0.29) is 0 Å². The van der Waals surface area contributed by atoms with Crippen molar-refractivity contribution in [3.8, 4) is 0 Å². The van der Waals surface area contributed by atoms with Gasteiger partial charge in [-0.05, 0) is 39.3 Å². The lowest BCUT2D eigenvalue weighted by molar-refractivity contribution is 0.265. The van der Waals surface area contributed by atoms with E-state index < -0.39 is 0 Å². The number of nitrogens with zero attached hydrogens (tertiary/aromatic N) is 1. The molecule has 0 unspecified atom stereocenters. The van der Waals surface area contributed by atoms with Crippen molar-refractivity contribution in [1.29, 1.82) is 0 Å². The van der Waals surface area contributed by atoms with E-state index in [1.165, 1.54) is 38.8 Å². The van der Waals surface area contributed by atoms with Crippen LogP contribution in [0, 0.1) is 0 Å². The first-order valence-electron chi connectivity index (χ1n) is 4.58. The number of likely N-dealkylation sites (tertiary alicyclic amines) is 1. The number of hydrogen-bond donors (Lipinski definition) is 0. The maximum atomic E-state index is 2.61. The number of unbranched alkanes of at least 4 members (excludes halogenated alkanes) is 1. The van der Waals surface area contributed by atoms with Gasteiger partial charge in [-0.15, -0.1) is 0 Å². The average Bonchev–Trinajstić information content (AvgIpc) is 2.31. The molecule has 10 heavy (non-hydrogen) atoms. The van der Waals surface area contributed by atoms with E-state index in [1.807, 2.05) is 0 Å². The molecule has 0 radical (unpaired) electrons. The molecule has 0 bridgehead atoms. The molecule has 1 rings (SSSR count). The van der Waals surface area contributed by atoms with Crippen LogP contribution < -0.4 is 0 Å². The van der Waals surface area contributed by atoms with Crippen LogP contribution in [0.1, 0.15) is 39.5 Å². The second kappa shape index (κ2) is 3.97. The van der Waals surface area contributed by atoms with Crippen LogP contribution in [0.3, 0.4) is 0 Å². The molecule has 1 aliphatic rings. The van der Waals surface area contributed by atoms with E-state index >= 15 is 0 Å². The summed E-state index contributed by atoms with van der Waals surface area (Å²) in [7, 11) is 0. The summed E-state index contributed by atoms with van der Waals surface area (Å²) in [6.07, 6.45) is 5.56. The molecule has 1 nitrogen and oxygen atoms in total. The van der Waals surface area contributed by atoms with Crippen LogP contribution in [0.5, 0.6) is 0 Å². The third-order valence-corrected chi connectivity index (χ3v) is 2.49. The van der Waals surface area contributed by atoms with E-state index in [1.54, 1.807) is 0 Å². The van der Waals surface area contributed by atoms with Crippen LogP contribution in [0.2, 0.25) is 0 Å². The van der Waals surface area contributed by atoms with E-state index in [0.717, 1.165) is 6.04 Å². The zero-order chi connectivity index (χ0) is 7.40. The summed E-state index contributed by atoms with van der Waals surface area (Å²) in [6.45, 7) is 7.29. The molecular formula is C9H19N. The molecule has 1 heterocycles. The fraction of sp³-hybridized carbons (Fsp3) is 1.00. The van der Waals surface area contributed by atoms with E-state index in [0.29, 0.717) is 0 Å². The van der Waals surface area contributed by atoms with E-state index in [9.17, 15) is 0 Å². The Hall–Kier alpha value is -0.0400. The number of rotatable bonds is 3. The topological polar surface area (TPSA) is 3.24 Å². The molecule has 0 aromatic carbocycles. The van der Waals surface area contributed by atoms with Crippen molar-refractivity contribution >= 4 is 0 Å². The van der Waals surface area contributed by atoms with Gasteiger partial charge in [-0.2, -0.15) is 0 Å². The molecule has 0 aromatic heterocycles. The lowest BCUT2D eigenvalue weighted by Gasteiger charge is -2.19. The Morgan fingerprint density at radius 3 is 2.80 bits per heavy atom. The fourth-order valence-electron chi connectivity index (χ4n) is 1.69. The quantitative estimate of drug-likeness (QED) is 0.583. The summed E-state index contributed by atoms with van der Waals surface area (Å²) < 4.78 is 0. The second-order valence-electron chi connectivity index (χ2n) is 3.38. The predicted molar refractivity (Wildman–Crippen MR) is 45.2 cm³/mol. The summed E-state index contributed by atoms with van der Waals surface area (Å²) in [4.78, 5) is 2.61. The highest BCUT2D eigenvalue weighted by Crippen LogP contribution is 2.16. The highest BCUT2D eigenvalue weighted by molar-refractivity contribution is 4.74. The van der Waals surface area contributed by atoms with Crippen molar-refractivity contribution in [2.45, 2.75) is 45.6 Å². The van der Waals surface area contributed by atoms with Crippen molar-refractivity contribution < 1.29 is 0 Å². The third kappa shape index (κ3) is 1.98. The highest BCUT2D eigenvalue weighted by Gasteiger charge is 2.18. The average molecular weight is 141 g/mol. The zero-order valence-corrected chi connectivity index (χ0v) is 7.27. The Bertz CT molecular complexity index is 90.7. The summed E-state index contributed by atoms with van der Waals surface area (Å²) in [5, 5.41) is 0. The molecule has 0 amide bonds. The van der Waals surface area contributed by atoms with Gasteiger partial charge >= 0.3 is 0 Å². The van der Waals surface area contributed by atoms with E-state index in [4.69, 9.17) is 0 Å². The van der Waals surface area contributed by atoms with Gasteiger partial charge in [0.15, 0.2) is 0 Å². The van der Waals surface area contributed by atoms with Gasteiger partial charge in [-0.25, -0.2) is 0 Å². The van der Waals surface area contributed by atoms with E-state index in [2.05, 4.69) is 18.7 Å². The summed E-state index contributed by atoms with van der Waals surface area (Å²) in [5.74, 6) is 0.